The maximum Gasteiger partial charge on any atom is 0.407 e. The Morgan fingerprint density at radius 1 is 1.07 bits per heavy atom. The molecule has 2 aromatic rings. The molecule has 1 aliphatic carbocycles. The Morgan fingerprint density at radius 3 is 2.13 bits per heavy atom. The van der Waals surface area contributed by atoms with E-state index in [1.807, 2.05) is 48.5 Å². The van der Waals surface area contributed by atoms with Crippen LogP contribution in [0.5, 0.6) is 0 Å². The average molecular weight is 418 g/mol. The van der Waals surface area contributed by atoms with E-state index in [9.17, 15) is 23.2 Å². The van der Waals surface area contributed by atoms with Crippen molar-refractivity contribution in [3.63, 3.8) is 0 Å². The van der Waals surface area contributed by atoms with E-state index in [0.717, 1.165) is 22.3 Å². The number of fused-ring (bicyclic) bond motifs is 3. The molecule has 0 spiro atoms. The molecule has 7 nitrogen and oxygen atoms in total. The second-order valence-corrected chi connectivity index (χ2v) is 6.92. The predicted molar refractivity (Wildman–Crippen MR) is 103 cm³/mol. The minimum absolute atomic E-state index is 0.0330. The first kappa shape index (κ1) is 21.2. The molecule has 3 N–H and O–H groups in total. The number of ether oxygens (including phenoxy) is 1. The zero-order valence-corrected chi connectivity index (χ0v) is 16.0. The summed E-state index contributed by atoms with van der Waals surface area (Å²) >= 11 is 0. The number of alkyl carbamates (subject to hydrolysis) is 1. The number of amides is 2. The quantitative estimate of drug-likeness (QED) is 0.641. The van der Waals surface area contributed by atoms with Gasteiger partial charge in [-0.2, -0.15) is 8.78 Å². The fourth-order valence-corrected chi connectivity index (χ4v) is 3.31. The first-order chi connectivity index (χ1) is 14.2. The van der Waals surface area contributed by atoms with Gasteiger partial charge in [-0.3, -0.25) is 4.79 Å². The zero-order chi connectivity index (χ0) is 21.9. The molecule has 0 unspecified atom stereocenters. The number of carbonyl (C=O) groups is 3. The van der Waals surface area contributed by atoms with Crippen molar-refractivity contribution in [2.75, 3.05) is 13.2 Å². The number of carbonyl (C=O) groups excluding carboxylic acids is 2. The number of nitrogens with one attached hydrogen (secondary N) is 2. The van der Waals surface area contributed by atoms with Gasteiger partial charge in [0.2, 0.25) is 5.91 Å². The summed E-state index contributed by atoms with van der Waals surface area (Å²) in [7, 11) is 0. The SMILES string of the molecule is C[C@@H](NC(=O)OCC1c2ccccc2-c2ccccc21)C(=O)NCC(F)(F)C(=O)O. The highest BCUT2D eigenvalue weighted by Crippen LogP contribution is 2.44. The van der Waals surface area contributed by atoms with Crippen LogP contribution < -0.4 is 10.6 Å². The van der Waals surface area contributed by atoms with Gasteiger partial charge in [-0.1, -0.05) is 48.5 Å². The third-order valence-corrected chi connectivity index (χ3v) is 4.87. The lowest BCUT2D eigenvalue weighted by molar-refractivity contribution is -0.164. The van der Waals surface area contributed by atoms with Gasteiger partial charge >= 0.3 is 18.0 Å². The largest absolute Gasteiger partial charge is 0.477 e. The van der Waals surface area contributed by atoms with Crippen LogP contribution in [0, 0.1) is 0 Å². The molecule has 158 valence electrons. The molecule has 0 heterocycles. The lowest BCUT2D eigenvalue weighted by Gasteiger charge is -2.18. The highest BCUT2D eigenvalue weighted by molar-refractivity contribution is 5.86. The second-order valence-electron chi connectivity index (χ2n) is 6.92. The molecule has 0 fully saturated rings. The minimum atomic E-state index is -4.10. The fraction of sp³-hybridized carbons (Fsp3) is 0.286. The number of halogens is 2. The Balaban J connectivity index is 1.56. The van der Waals surface area contributed by atoms with Crippen molar-refractivity contribution in [2.24, 2.45) is 0 Å². The molecule has 1 aliphatic rings. The van der Waals surface area contributed by atoms with Gasteiger partial charge in [-0.15, -0.1) is 0 Å². The van der Waals surface area contributed by atoms with Gasteiger partial charge < -0.3 is 20.5 Å². The van der Waals surface area contributed by atoms with E-state index >= 15 is 0 Å². The van der Waals surface area contributed by atoms with Gasteiger partial charge in [0.1, 0.15) is 12.6 Å². The molecule has 0 aromatic heterocycles. The van der Waals surface area contributed by atoms with Gasteiger partial charge in [0.05, 0.1) is 6.54 Å². The van der Waals surface area contributed by atoms with Gasteiger partial charge in [0.25, 0.3) is 0 Å². The number of carboxylic acids is 1. The number of hydrogen-bond donors (Lipinski definition) is 3. The predicted octanol–water partition coefficient (Wildman–Crippen LogP) is 2.75. The Morgan fingerprint density at radius 2 is 1.60 bits per heavy atom. The Bertz CT molecular complexity index is 934. The third kappa shape index (κ3) is 4.40. The summed E-state index contributed by atoms with van der Waals surface area (Å²) in [5.41, 5.74) is 4.17. The van der Waals surface area contributed by atoms with Crippen LogP contribution in [0.3, 0.4) is 0 Å². The fourth-order valence-electron chi connectivity index (χ4n) is 3.31. The van der Waals surface area contributed by atoms with Crippen LogP contribution in [0.4, 0.5) is 13.6 Å². The van der Waals surface area contributed by atoms with Crippen LogP contribution in [-0.2, 0) is 14.3 Å². The maximum atomic E-state index is 13.0. The number of hydrogen-bond acceptors (Lipinski definition) is 4. The van der Waals surface area contributed by atoms with E-state index in [2.05, 4.69) is 5.32 Å². The van der Waals surface area contributed by atoms with Gasteiger partial charge in [-0.25, -0.2) is 9.59 Å². The van der Waals surface area contributed by atoms with Crippen LogP contribution in [0.1, 0.15) is 24.0 Å². The van der Waals surface area contributed by atoms with E-state index < -0.39 is 36.5 Å². The Labute approximate surface area is 171 Å². The second kappa shape index (κ2) is 8.48. The van der Waals surface area contributed by atoms with Crippen molar-refractivity contribution >= 4 is 18.0 Å². The van der Waals surface area contributed by atoms with Crippen LogP contribution in [0.15, 0.2) is 48.5 Å². The van der Waals surface area contributed by atoms with Crippen LogP contribution in [0.25, 0.3) is 11.1 Å². The van der Waals surface area contributed by atoms with Crippen molar-refractivity contribution in [3.05, 3.63) is 59.7 Å². The van der Waals surface area contributed by atoms with Gasteiger partial charge in [-0.05, 0) is 29.2 Å². The molecule has 0 bridgehead atoms. The first-order valence-corrected chi connectivity index (χ1v) is 9.21. The smallest absolute Gasteiger partial charge is 0.407 e. The summed E-state index contributed by atoms with van der Waals surface area (Å²) in [4.78, 5) is 34.3. The van der Waals surface area contributed by atoms with Crippen molar-refractivity contribution in [1.29, 1.82) is 0 Å². The monoisotopic (exact) mass is 418 g/mol. The average Bonchev–Trinajstić information content (AvgIpc) is 3.04. The summed E-state index contributed by atoms with van der Waals surface area (Å²) in [6.45, 7) is -0.0706. The lowest BCUT2D eigenvalue weighted by atomic mass is 9.98. The lowest BCUT2D eigenvalue weighted by Crippen LogP contribution is -2.49. The molecular formula is C21H20F2N2O5. The van der Waals surface area contributed by atoms with Crippen molar-refractivity contribution < 1.29 is 33.0 Å². The molecule has 30 heavy (non-hydrogen) atoms. The molecule has 2 aromatic carbocycles. The molecule has 0 aliphatic heterocycles. The van der Waals surface area contributed by atoms with Gasteiger partial charge in [0, 0.05) is 5.92 Å². The van der Waals surface area contributed by atoms with Crippen LogP contribution >= 0.6 is 0 Å². The molecule has 1 atom stereocenters. The van der Waals surface area contributed by atoms with Crippen LogP contribution in [0.2, 0.25) is 0 Å². The van der Waals surface area contributed by atoms with Crippen molar-refractivity contribution in [1.82, 2.24) is 10.6 Å². The topological polar surface area (TPSA) is 105 Å². The normalized spacial score (nSPS) is 13.7. The summed E-state index contributed by atoms with van der Waals surface area (Å²) in [6, 6.07) is 14.4. The van der Waals surface area contributed by atoms with E-state index in [4.69, 9.17) is 9.84 Å². The maximum absolute atomic E-state index is 13.0. The zero-order valence-electron chi connectivity index (χ0n) is 16.0. The summed E-state index contributed by atoms with van der Waals surface area (Å²) in [5.74, 6) is -7.56. The molecule has 0 saturated carbocycles. The molecule has 2 amide bonds. The van der Waals surface area contributed by atoms with Crippen molar-refractivity contribution in [3.8, 4) is 11.1 Å². The number of aliphatic carboxylic acids is 1. The summed E-state index contributed by atoms with van der Waals surface area (Å²) in [6.07, 6.45) is -0.885. The van der Waals surface area contributed by atoms with Crippen LogP contribution in [-0.4, -0.2) is 48.2 Å². The molecule has 9 heteroatoms. The molecular weight excluding hydrogens is 398 g/mol. The Kier molecular flexibility index (Phi) is 6.00. The molecule has 0 radical (unpaired) electrons. The molecule has 0 saturated heterocycles. The number of benzene rings is 2. The first-order valence-electron chi connectivity index (χ1n) is 9.21. The van der Waals surface area contributed by atoms with E-state index in [0.29, 0.717) is 0 Å². The van der Waals surface area contributed by atoms with E-state index in [1.54, 1.807) is 5.32 Å². The minimum Gasteiger partial charge on any atom is -0.477 e. The van der Waals surface area contributed by atoms with E-state index in [-0.39, 0.29) is 12.5 Å². The molecule has 3 rings (SSSR count). The Hall–Kier alpha value is -3.49. The standard InChI is InChI=1S/C21H20F2N2O5/c1-12(18(26)24-11-21(22,23)19(27)28)25-20(29)30-10-17-15-8-4-2-6-13(15)14-7-3-5-9-16(14)17/h2-9,12,17H,10-11H2,1H3,(H,24,26)(H,25,29)(H,27,28)/t12-/m1/s1. The number of carboxylic acid groups (broad SMARTS) is 1. The number of alkyl halides is 2. The summed E-state index contributed by atoms with van der Waals surface area (Å²) in [5, 5.41) is 12.4. The summed E-state index contributed by atoms with van der Waals surface area (Å²) < 4.78 is 31.4. The van der Waals surface area contributed by atoms with Gasteiger partial charge in [0.15, 0.2) is 0 Å². The van der Waals surface area contributed by atoms with Crippen molar-refractivity contribution in [2.45, 2.75) is 24.8 Å². The highest BCUT2D eigenvalue weighted by Gasteiger charge is 2.39. The highest BCUT2D eigenvalue weighted by atomic mass is 19.3. The third-order valence-electron chi connectivity index (χ3n) is 4.87. The van der Waals surface area contributed by atoms with E-state index in [1.165, 1.54) is 6.92 Å². The number of rotatable bonds is 7.